The second kappa shape index (κ2) is 18.2. The number of nitrogens with one attached hydrogen (secondary N) is 1. The van der Waals surface area contributed by atoms with Gasteiger partial charge < -0.3 is 34.3 Å². The fourth-order valence-corrected chi connectivity index (χ4v) is 8.78. The minimum Gasteiger partial charge on any atom is -0.487 e. The first-order valence-corrected chi connectivity index (χ1v) is 19.7. The summed E-state index contributed by atoms with van der Waals surface area (Å²) in [6.45, 7) is 5.13. The first-order valence-electron chi connectivity index (χ1n) is 18.0. The third kappa shape index (κ3) is 10.7. The standard InChI is InChI=1S/C39H47Cl2N3O7S/c1-24-14-33(40)37(34(41)15-24)50-13-12-49-36-8-5-27(20-43-36)31-9-10-42-21-32(31)38(45)44(29-6-7-29)22-26-16-25(4-3-11-48-2)17-30(18-26)52-23-28-19-35(28)51-39(46)47/h5,8,14-18,20,28-29,31-32,35,42H,3-4,6-7,9-13,19,21-23H2,1-2H3,(H,46,47)/t28?,31-,32?,35+/m1/s1. The van der Waals surface area contributed by atoms with Crippen molar-refractivity contribution >= 4 is 47.0 Å². The Labute approximate surface area is 319 Å². The van der Waals surface area contributed by atoms with Gasteiger partial charge in [0.1, 0.15) is 19.3 Å². The van der Waals surface area contributed by atoms with Crippen molar-refractivity contribution in [2.24, 2.45) is 11.8 Å². The van der Waals surface area contributed by atoms with Gasteiger partial charge in [-0.3, -0.25) is 4.79 Å². The summed E-state index contributed by atoms with van der Waals surface area (Å²) in [5.74, 6) is 1.95. The van der Waals surface area contributed by atoms with E-state index in [9.17, 15) is 9.59 Å². The average Bonchev–Trinajstić information content (AvgIpc) is 4.06. The molecule has 3 fully saturated rings. The topological polar surface area (TPSA) is 119 Å². The number of methoxy groups -OCH3 is 1. The molecule has 2 aromatic carbocycles. The van der Waals surface area contributed by atoms with Gasteiger partial charge in [-0.1, -0.05) is 35.3 Å². The number of amides is 1. The fourth-order valence-electron chi connectivity index (χ4n) is 6.85. The van der Waals surface area contributed by atoms with Gasteiger partial charge in [0.05, 0.1) is 16.0 Å². The van der Waals surface area contributed by atoms with Crippen LogP contribution in [-0.4, -0.2) is 85.0 Å². The summed E-state index contributed by atoms with van der Waals surface area (Å²) in [5.41, 5.74) is 4.32. The van der Waals surface area contributed by atoms with E-state index in [0.29, 0.717) is 41.4 Å². The molecule has 1 aromatic heterocycles. The highest BCUT2D eigenvalue weighted by Gasteiger charge is 2.41. The predicted molar refractivity (Wildman–Crippen MR) is 202 cm³/mol. The summed E-state index contributed by atoms with van der Waals surface area (Å²) in [5, 5.41) is 13.4. The highest BCUT2D eigenvalue weighted by molar-refractivity contribution is 7.99. The largest absolute Gasteiger partial charge is 0.506 e. The van der Waals surface area contributed by atoms with Crippen LogP contribution in [0.2, 0.25) is 10.0 Å². The van der Waals surface area contributed by atoms with Crippen LogP contribution in [0.5, 0.6) is 11.6 Å². The maximum Gasteiger partial charge on any atom is 0.506 e. The van der Waals surface area contributed by atoms with Gasteiger partial charge in [-0.25, -0.2) is 9.78 Å². The first-order chi connectivity index (χ1) is 25.2. The van der Waals surface area contributed by atoms with Gasteiger partial charge in [-0.2, -0.15) is 0 Å². The van der Waals surface area contributed by atoms with Crippen molar-refractivity contribution in [3.63, 3.8) is 0 Å². The van der Waals surface area contributed by atoms with Gasteiger partial charge in [0, 0.05) is 61.7 Å². The molecule has 3 aliphatic rings. The maximum atomic E-state index is 14.4. The second-order valence-electron chi connectivity index (χ2n) is 13.9. The fraction of sp³-hybridized carbons (Fsp3) is 0.513. The lowest BCUT2D eigenvalue weighted by Gasteiger charge is -2.35. The third-order valence-electron chi connectivity index (χ3n) is 9.75. The van der Waals surface area contributed by atoms with Crippen LogP contribution < -0.4 is 14.8 Å². The Morgan fingerprint density at radius 3 is 2.50 bits per heavy atom. The monoisotopic (exact) mass is 771 g/mol. The number of pyridine rings is 1. The number of aromatic nitrogens is 1. The smallest absolute Gasteiger partial charge is 0.487 e. The number of hydrogen-bond donors (Lipinski definition) is 2. The molecule has 2 N–H and O–H groups in total. The molecule has 0 bridgehead atoms. The zero-order chi connectivity index (χ0) is 36.6. The number of ether oxygens (including phenoxy) is 4. The number of halogens is 2. The van der Waals surface area contributed by atoms with Crippen LogP contribution in [0.3, 0.4) is 0 Å². The number of thioether (sulfide) groups is 1. The van der Waals surface area contributed by atoms with Gasteiger partial charge in [0.25, 0.3) is 0 Å². The first kappa shape index (κ1) is 38.5. The summed E-state index contributed by atoms with van der Waals surface area (Å²) in [4.78, 5) is 33.2. The van der Waals surface area contributed by atoms with Crippen molar-refractivity contribution in [1.29, 1.82) is 0 Å². The third-order valence-corrected chi connectivity index (χ3v) is 11.5. The van der Waals surface area contributed by atoms with Crippen LogP contribution in [0.1, 0.15) is 60.3 Å². The number of carboxylic acid groups (broad SMARTS) is 1. The number of benzene rings is 2. The van der Waals surface area contributed by atoms with Crippen LogP contribution >= 0.6 is 35.0 Å². The maximum absolute atomic E-state index is 14.4. The minimum absolute atomic E-state index is 0.0386. The van der Waals surface area contributed by atoms with Gasteiger partial charge in [-0.15, -0.1) is 11.8 Å². The number of hydrogen-bond acceptors (Lipinski definition) is 9. The predicted octanol–water partition coefficient (Wildman–Crippen LogP) is 7.79. The molecule has 4 atom stereocenters. The lowest BCUT2D eigenvalue weighted by atomic mass is 9.81. The Balaban J connectivity index is 1.09. The summed E-state index contributed by atoms with van der Waals surface area (Å²) in [6, 6.07) is 14.4. The van der Waals surface area contributed by atoms with Gasteiger partial charge >= 0.3 is 6.16 Å². The zero-order valence-electron chi connectivity index (χ0n) is 29.7. The van der Waals surface area contributed by atoms with Crippen molar-refractivity contribution in [3.8, 4) is 11.6 Å². The minimum atomic E-state index is -1.21. The number of carbonyl (C=O) groups excluding carboxylic acids is 1. The number of aryl methyl sites for hydroxylation is 2. The van der Waals surface area contributed by atoms with Crippen molar-refractivity contribution in [2.75, 3.05) is 45.8 Å². The van der Waals surface area contributed by atoms with Crippen LogP contribution in [-0.2, 0) is 27.2 Å². The van der Waals surface area contributed by atoms with E-state index in [1.54, 1.807) is 31.0 Å². The number of nitrogens with zero attached hydrogens (tertiary/aromatic N) is 2. The Kier molecular flexibility index (Phi) is 13.5. The molecule has 10 nitrogen and oxygen atoms in total. The lowest BCUT2D eigenvalue weighted by Crippen LogP contribution is -2.47. The van der Waals surface area contributed by atoms with Gasteiger partial charge in [0.2, 0.25) is 11.8 Å². The molecular weight excluding hydrogens is 725 g/mol. The lowest BCUT2D eigenvalue weighted by molar-refractivity contribution is -0.138. The average molecular weight is 773 g/mol. The Bertz CT molecular complexity index is 1670. The summed E-state index contributed by atoms with van der Waals surface area (Å²) in [7, 11) is 1.71. The van der Waals surface area contributed by atoms with E-state index in [2.05, 4.69) is 33.4 Å². The van der Waals surface area contributed by atoms with Crippen molar-refractivity contribution in [1.82, 2.24) is 15.2 Å². The molecule has 1 amide bonds. The van der Waals surface area contributed by atoms with Crippen LogP contribution in [0, 0.1) is 18.8 Å². The summed E-state index contributed by atoms with van der Waals surface area (Å²) < 4.78 is 21.9. The molecule has 3 aromatic rings. The quantitative estimate of drug-likeness (QED) is 0.0754. The van der Waals surface area contributed by atoms with E-state index < -0.39 is 6.16 Å². The van der Waals surface area contributed by atoms with E-state index in [0.717, 1.165) is 72.4 Å². The molecule has 280 valence electrons. The van der Waals surface area contributed by atoms with Crippen molar-refractivity contribution in [3.05, 3.63) is 81.0 Å². The molecule has 6 rings (SSSR count). The second-order valence-corrected chi connectivity index (χ2v) is 15.8. The van der Waals surface area contributed by atoms with E-state index in [1.165, 1.54) is 5.56 Å². The van der Waals surface area contributed by atoms with Crippen molar-refractivity contribution in [2.45, 2.75) is 75.0 Å². The molecule has 2 aliphatic carbocycles. The Morgan fingerprint density at radius 1 is 1.02 bits per heavy atom. The molecule has 1 saturated heterocycles. The van der Waals surface area contributed by atoms with Gasteiger partial charge in [-0.05, 0) is 104 Å². The van der Waals surface area contributed by atoms with E-state index in [1.807, 2.05) is 25.3 Å². The van der Waals surface area contributed by atoms with Crippen LogP contribution in [0.15, 0.2) is 53.6 Å². The molecule has 0 radical (unpaired) electrons. The highest BCUT2D eigenvalue weighted by Crippen LogP contribution is 2.40. The van der Waals surface area contributed by atoms with Crippen molar-refractivity contribution < 1.29 is 33.6 Å². The molecular formula is C39H47Cl2N3O7S. The SMILES string of the molecule is COCCCc1cc(CN(C(=O)C2CNCC[C@@H]2c2ccc(OCCOc3c(Cl)cc(C)cc3Cl)nc2)C2CC2)cc(SCC2C[C@@H]2OC(=O)O)c1. The summed E-state index contributed by atoms with van der Waals surface area (Å²) >= 11 is 14.3. The number of piperidine rings is 1. The summed E-state index contributed by atoms with van der Waals surface area (Å²) in [6.07, 6.45) is 5.83. The molecule has 2 heterocycles. The zero-order valence-corrected chi connectivity index (χ0v) is 32.0. The molecule has 0 spiro atoms. The van der Waals surface area contributed by atoms with Crippen LogP contribution in [0.4, 0.5) is 4.79 Å². The Hall–Kier alpha value is -3.22. The number of carbonyl (C=O) groups is 2. The molecule has 13 heteroatoms. The highest BCUT2D eigenvalue weighted by atomic mass is 35.5. The van der Waals surface area contributed by atoms with E-state index >= 15 is 0 Å². The Morgan fingerprint density at radius 2 is 1.79 bits per heavy atom. The van der Waals surface area contributed by atoms with Gasteiger partial charge in [0.15, 0.2) is 5.75 Å². The van der Waals surface area contributed by atoms with E-state index in [4.69, 9.17) is 47.3 Å². The van der Waals surface area contributed by atoms with E-state index in [-0.39, 0.29) is 49.0 Å². The molecule has 52 heavy (non-hydrogen) atoms. The molecule has 2 unspecified atom stereocenters. The number of rotatable bonds is 18. The molecule has 2 saturated carbocycles. The molecule has 1 aliphatic heterocycles. The normalized spacial score (nSPS) is 21.0. The van der Waals surface area contributed by atoms with Crippen LogP contribution in [0.25, 0.3) is 0 Å².